The molecule has 2 aromatic carbocycles. The topological polar surface area (TPSA) is 76.3 Å². The van der Waals surface area contributed by atoms with Gasteiger partial charge in [0.2, 0.25) is 5.91 Å². The lowest BCUT2D eigenvalue weighted by atomic mass is 10.2. The van der Waals surface area contributed by atoms with Crippen LogP contribution in [0, 0.1) is 5.82 Å². The van der Waals surface area contributed by atoms with Gasteiger partial charge in [-0.2, -0.15) is 9.78 Å². The Labute approximate surface area is 169 Å². The minimum absolute atomic E-state index is 0.156. The quantitative estimate of drug-likeness (QED) is 0.468. The standard InChI is InChI=1S/C20H15FN6OS/c1-14(28)27(18-10-6-5-9-17(18)21)20-24-16(12-29-20)11-23-26-13-22-25-19(26)15-7-3-2-4-8-15/h2-13H,1H3/b23-11-. The van der Waals surface area contributed by atoms with Crippen molar-refractivity contribution < 1.29 is 9.18 Å². The molecule has 0 saturated carbocycles. The Balaban J connectivity index is 1.61. The molecule has 29 heavy (non-hydrogen) atoms. The molecule has 0 aliphatic heterocycles. The van der Waals surface area contributed by atoms with E-state index < -0.39 is 5.82 Å². The Morgan fingerprint density at radius 2 is 1.93 bits per heavy atom. The number of amides is 1. The number of hydrogen-bond donors (Lipinski definition) is 0. The maximum Gasteiger partial charge on any atom is 0.230 e. The number of thiazole rings is 1. The van der Waals surface area contributed by atoms with Gasteiger partial charge in [-0.05, 0) is 12.1 Å². The van der Waals surface area contributed by atoms with Crippen molar-refractivity contribution in [2.24, 2.45) is 5.10 Å². The molecule has 0 bridgehead atoms. The average molecular weight is 406 g/mol. The number of carbonyl (C=O) groups is 1. The fraction of sp³-hybridized carbons (Fsp3) is 0.0500. The van der Waals surface area contributed by atoms with Crippen LogP contribution in [0.15, 0.2) is 71.4 Å². The molecule has 0 radical (unpaired) electrons. The smallest absolute Gasteiger partial charge is 0.230 e. The number of benzene rings is 2. The molecule has 0 spiro atoms. The third-order valence-corrected chi connectivity index (χ3v) is 4.83. The molecule has 0 fully saturated rings. The zero-order chi connectivity index (χ0) is 20.2. The second kappa shape index (κ2) is 8.11. The first-order valence-electron chi connectivity index (χ1n) is 8.64. The summed E-state index contributed by atoms with van der Waals surface area (Å²) in [5.74, 6) is -0.239. The van der Waals surface area contributed by atoms with E-state index in [1.54, 1.807) is 17.5 Å². The number of carbonyl (C=O) groups excluding carboxylic acids is 1. The van der Waals surface area contributed by atoms with E-state index in [0.717, 1.165) is 5.56 Å². The Kier molecular flexibility index (Phi) is 5.21. The first-order chi connectivity index (χ1) is 14.1. The molecule has 9 heteroatoms. The van der Waals surface area contributed by atoms with Crippen LogP contribution in [0.3, 0.4) is 0 Å². The monoisotopic (exact) mass is 406 g/mol. The SMILES string of the molecule is CC(=O)N(c1nc(/C=N\n2cnnc2-c2ccccc2)cs1)c1ccccc1F. The summed E-state index contributed by atoms with van der Waals surface area (Å²) in [5, 5.41) is 14.4. The highest BCUT2D eigenvalue weighted by Crippen LogP contribution is 2.30. The molecule has 2 aromatic heterocycles. The molecule has 0 atom stereocenters. The normalized spacial score (nSPS) is 11.1. The fourth-order valence-electron chi connectivity index (χ4n) is 2.69. The van der Waals surface area contributed by atoms with E-state index in [1.807, 2.05) is 30.3 Å². The summed E-state index contributed by atoms with van der Waals surface area (Å²) < 4.78 is 15.7. The molecule has 0 N–H and O–H groups in total. The van der Waals surface area contributed by atoms with E-state index in [4.69, 9.17) is 0 Å². The number of hydrogen-bond acceptors (Lipinski definition) is 6. The predicted octanol–water partition coefficient (Wildman–Crippen LogP) is 4.11. The first kappa shape index (κ1) is 18.6. The van der Waals surface area contributed by atoms with Crippen LogP contribution >= 0.6 is 11.3 Å². The van der Waals surface area contributed by atoms with Crippen molar-refractivity contribution in [2.45, 2.75) is 6.92 Å². The van der Waals surface area contributed by atoms with Crippen molar-refractivity contribution in [1.29, 1.82) is 0 Å². The van der Waals surface area contributed by atoms with Gasteiger partial charge in [-0.1, -0.05) is 42.5 Å². The number of para-hydroxylation sites is 1. The summed E-state index contributed by atoms with van der Waals surface area (Å²) in [4.78, 5) is 17.8. The van der Waals surface area contributed by atoms with Gasteiger partial charge in [-0.25, -0.2) is 9.37 Å². The van der Waals surface area contributed by atoms with Crippen molar-refractivity contribution in [3.05, 3.63) is 77.8 Å². The summed E-state index contributed by atoms with van der Waals surface area (Å²) in [5.41, 5.74) is 1.56. The van der Waals surface area contributed by atoms with E-state index >= 15 is 0 Å². The zero-order valence-corrected chi connectivity index (χ0v) is 16.1. The summed E-state index contributed by atoms with van der Waals surface area (Å²) in [6.45, 7) is 1.37. The van der Waals surface area contributed by atoms with Crippen LogP contribution in [-0.4, -0.2) is 32.0 Å². The second-order valence-corrected chi connectivity index (χ2v) is 6.81. The lowest BCUT2D eigenvalue weighted by Gasteiger charge is -2.18. The van der Waals surface area contributed by atoms with E-state index in [9.17, 15) is 9.18 Å². The van der Waals surface area contributed by atoms with Gasteiger partial charge in [0.15, 0.2) is 11.0 Å². The molecule has 0 aliphatic rings. The van der Waals surface area contributed by atoms with Crippen molar-refractivity contribution in [2.75, 3.05) is 4.90 Å². The molecular formula is C20H15FN6OS. The number of rotatable bonds is 5. The van der Waals surface area contributed by atoms with Gasteiger partial charge >= 0.3 is 0 Å². The third kappa shape index (κ3) is 3.94. The second-order valence-electron chi connectivity index (χ2n) is 5.97. The Hall–Kier alpha value is -3.72. The molecule has 144 valence electrons. The van der Waals surface area contributed by atoms with Crippen LogP contribution in [0.25, 0.3) is 11.4 Å². The summed E-state index contributed by atoms with van der Waals surface area (Å²) >= 11 is 1.22. The molecular weight excluding hydrogens is 391 g/mol. The molecule has 0 unspecified atom stereocenters. The van der Waals surface area contributed by atoms with Gasteiger partial charge < -0.3 is 0 Å². The largest absolute Gasteiger partial charge is 0.274 e. The van der Waals surface area contributed by atoms with Crippen LogP contribution in [-0.2, 0) is 4.79 Å². The van der Waals surface area contributed by atoms with Gasteiger partial charge in [0.1, 0.15) is 12.1 Å². The molecule has 0 aliphatic carbocycles. The molecule has 1 amide bonds. The van der Waals surface area contributed by atoms with Gasteiger partial charge in [-0.3, -0.25) is 9.69 Å². The van der Waals surface area contributed by atoms with E-state index in [-0.39, 0.29) is 11.6 Å². The van der Waals surface area contributed by atoms with Gasteiger partial charge in [-0.15, -0.1) is 21.5 Å². The third-order valence-electron chi connectivity index (χ3n) is 3.99. The van der Waals surface area contributed by atoms with Crippen molar-refractivity contribution in [1.82, 2.24) is 19.9 Å². The summed E-state index contributed by atoms with van der Waals surface area (Å²) in [6, 6.07) is 15.6. The van der Waals surface area contributed by atoms with E-state index in [2.05, 4.69) is 20.3 Å². The number of nitrogens with zero attached hydrogens (tertiary/aromatic N) is 6. The maximum atomic E-state index is 14.2. The lowest BCUT2D eigenvalue weighted by molar-refractivity contribution is -0.115. The van der Waals surface area contributed by atoms with Crippen LogP contribution in [0.2, 0.25) is 0 Å². The lowest BCUT2D eigenvalue weighted by Crippen LogP contribution is -2.23. The van der Waals surface area contributed by atoms with E-state index in [1.165, 1.54) is 52.5 Å². The highest BCUT2D eigenvalue weighted by molar-refractivity contribution is 7.14. The molecule has 2 heterocycles. The number of aromatic nitrogens is 4. The van der Waals surface area contributed by atoms with Gasteiger partial charge in [0.25, 0.3) is 0 Å². The predicted molar refractivity (Wildman–Crippen MR) is 110 cm³/mol. The fourth-order valence-corrected chi connectivity index (χ4v) is 3.52. The maximum absolute atomic E-state index is 14.2. The van der Waals surface area contributed by atoms with Gasteiger partial charge in [0.05, 0.1) is 17.6 Å². The number of halogens is 1. The van der Waals surface area contributed by atoms with Crippen LogP contribution in [0.1, 0.15) is 12.6 Å². The Morgan fingerprint density at radius 3 is 2.69 bits per heavy atom. The molecule has 4 aromatic rings. The van der Waals surface area contributed by atoms with Crippen molar-refractivity contribution >= 4 is 34.3 Å². The summed E-state index contributed by atoms with van der Waals surface area (Å²) in [7, 11) is 0. The van der Waals surface area contributed by atoms with Crippen molar-refractivity contribution in [3.8, 4) is 11.4 Å². The van der Waals surface area contributed by atoms with Crippen LogP contribution < -0.4 is 4.90 Å². The Bertz CT molecular complexity index is 1170. The van der Waals surface area contributed by atoms with Crippen molar-refractivity contribution in [3.63, 3.8) is 0 Å². The van der Waals surface area contributed by atoms with E-state index in [0.29, 0.717) is 16.6 Å². The van der Waals surface area contributed by atoms with Crippen LogP contribution in [0.5, 0.6) is 0 Å². The van der Waals surface area contributed by atoms with Gasteiger partial charge in [0, 0.05) is 17.9 Å². The highest BCUT2D eigenvalue weighted by Gasteiger charge is 2.20. The molecule has 7 nitrogen and oxygen atoms in total. The number of anilines is 2. The highest BCUT2D eigenvalue weighted by atomic mass is 32.1. The molecule has 0 saturated heterocycles. The zero-order valence-electron chi connectivity index (χ0n) is 15.3. The first-order valence-corrected chi connectivity index (χ1v) is 9.52. The molecule has 4 rings (SSSR count). The van der Waals surface area contributed by atoms with Crippen LogP contribution in [0.4, 0.5) is 15.2 Å². The summed E-state index contributed by atoms with van der Waals surface area (Å²) in [6.07, 6.45) is 3.03. The minimum Gasteiger partial charge on any atom is -0.274 e. The Morgan fingerprint density at radius 1 is 1.17 bits per heavy atom. The average Bonchev–Trinajstić information content (AvgIpc) is 3.38. The minimum atomic E-state index is -0.495.